The van der Waals surface area contributed by atoms with Crippen molar-refractivity contribution < 1.29 is 24.2 Å². The summed E-state index contributed by atoms with van der Waals surface area (Å²) in [7, 11) is 0. The number of likely N-dealkylation sites (tertiary alicyclic amines) is 1. The fourth-order valence-electron chi connectivity index (χ4n) is 6.49. The molecule has 0 aliphatic carbocycles. The van der Waals surface area contributed by atoms with Gasteiger partial charge in [0.25, 0.3) is 0 Å². The molecule has 0 aromatic rings. The van der Waals surface area contributed by atoms with Crippen LogP contribution < -0.4 is 0 Å². The number of hydrogen-bond acceptors (Lipinski definition) is 5. The Hall–Kier alpha value is -2.19. The Balaban J connectivity index is 2.11. The van der Waals surface area contributed by atoms with Crippen molar-refractivity contribution in [1.29, 1.82) is 0 Å². The van der Waals surface area contributed by atoms with Crippen LogP contribution in [0.15, 0.2) is 25.3 Å². The van der Waals surface area contributed by atoms with Gasteiger partial charge in [-0.25, -0.2) is 0 Å². The van der Waals surface area contributed by atoms with Gasteiger partial charge in [-0.15, -0.1) is 13.2 Å². The summed E-state index contributed by atoms with van der Waals surface area (Å²) in [6.07, 6.45) is 5.91. The fraction of sp³-hybridized carbons (Fsp3) is 0.731. The van der Waals surface area contributed by atoms with Crippen molar-refractivity contribution in [2.45, 2.75) is 76.7 Å². The lowest BCUT2D eigenvalue weighted by Gasteiger charge is -2.38. The lowest BCUT2D eigenvalue weighted by Crippen LogP contribution is -2.57. The van der Waals surface area contributed by atoms with E-state index >= 15 is 0 Å². The summed E-state index contributed by atoms with van der Waals surface area (Å²) in [5.74, 6) is -1.98. The summed E-state index contributed by atoms with van der Waals surface area (Å²) in [5.41, 5.74) is -1.84. The Labute approximate surface area is 203 Å². The van der Waals surface area contributed by atoms with Crippen LogP contribution in [0.25, 0.3) is 0 Å². The number of rotatable bonds is 12. The van der Waals surface area contributed by atoms with Gasteiger partial charge in [0.05, 0.1) is 24.0 Å². The minimum Gasteiger partial charge on any atom is -0.395 e. The maximum Gasteiger partial charge on any atom is 0.248 e. The zero-order chi connectivity index (χ0) is 25.3. The van der Waals surface area contributed by atoms with Crippen molar-refractivity contribution in [1.82, 2.24) is 14.7 Å². The summed E-state index contributed by atoms with van der Waals surface area (Å²) < 4.78 is 6.76. The molecule has 3 fully saturated rings. The Kier molecular flexibility index (Phi) is 7.92. The van der Waals surface area contributed by atoms with E-state index in [9.17, 15) is 19.5 Å². The largest absolute Gasteiger partial charge is 0.395 e. The Morgan fingerprint density at radius 3 is 2.41 bits per heavy atom. The van der Waals surface area contributed by atoms with Gasteiger partial charge in [0.1, 0.15) is 11.6 Å². The molecule has 1 N–H and O–H groups in total. The number of carbonyl (C=O) groups excluding carboxylic acids is 3. The van der Waals surface area contributed by atoms with Crippen LogP contribution in [0.2, 0.25) is 0 Å². The van der Waals surface area contributed by atoms with E-state index < -0.39 is 29.1 Å². The first-order valence-corrected chi connectivity index (χ1v) is 12.6. The van der Waals surface area contributed by atoms with Crippen molar-refractivity contribution in [3.8, 4) is 0 Å². The van der Waals surface area contributed by atoms with Crippen LogP contribution in [0.3, 0.4) is 0 Å². The van der Waals surface area contributed by atoms with Gasteiger partial charge >= 0.3 is 0 Å². The van der Waals surface area contributed by atoms with E-state index in [2.05, 4.69) is 13.2 Å². The highest BCUT2D eigenvalue weighted by molar-refractivity contribution is 5.99. The molecule has 3 heterocycles. The first-order chi connectivity index (χ1) is 16.2. The summed E-state index contributed by atoms with van der Waals surface area (Å²) in [6.45, 7) is 16.5. The maximum absolute atomic E-state index is 14.0. The second-order valence-electron chi connectivity index (χ2n) is 10.0. The number of carbonyl (C=O) groups is 3. The number of ether oxygens (including phenoxy) is 1. The molecule has 1 spiro atoms. The molecule has 3 saturated heterocycles. The lowest BCUT2D eigenvalue weighted by atomic mass is 9.64. The van der Waals surface area contributed by atoms with E-state index in [0.717, 1.165) is 6.42 Å². The molecule has 34 heavy (non-hydrogen) atoms. The minimum atomic E-state index is -1.07. The molecule has 3 rings (SSSR count). The second kappa shape index (κ2) is 10.2. The molecule has 2 unspecified atom stereocenters. The summed E-state index contributed by atoms with van der Waals surface area (Å²) >= 11 is 0. The number of β-amino-alcohol motifs (C(OH)–C–C–N with tert-alkyl or cyclic N) is 1. The first kappa shape index (κ1) is 26.4. The van der Waals surface area contributed by atoms with Crippen LogP contribution in [0.4, 0.5) is 0 Å². The molecule has 0 radical (unpaired) electrons. The topological polar surface area (TPSA) is 90.4 Å². The van der Waals surface area contributed by atoms with Gasteiger partial charge in [0.2, 0.25) is 17.7 Å². The van der Waals surface area contributed by atoms with Crippen LogP contribution in [-0.4, -0.2) is 93.6 Å². The Morgan fingerprint density at radius 2 is 1.88 bits per heavy atom. The van der Waals surface area contributed by atoms with E-state index in [0.29, 0.717) is 38.9 Å². The predicted octanol–water partition coefficient (Wildman–Crippen LogP) is 1.98. The van der Waals surface area contributed by atoms with Crippen LogP contribution >= 0.6 is 0 Å². The van der Waals surface area contributed by atoms with Crippen molar-refractivity contribution in [2.75, 3.05) is 32.8 Å². The summed E-state index contributed by atoms with van der Waals surface area (Å²) in [6, 6.07) is -0.972. The van der Waals surface area contributed by atoms with E-state index in [1.807, 2.05) is 27.7 Å². The number of aliphatic hydroxyl groups is 1. The summed E-state index contributed by atoms with van der Waals surface area (Å²) in [5, 5.41) is 9.76. The average molecular weight is 476 g/mol. The minimum absolute atomic E-state index is 0.0300. The molecule has 8 heteroatoms. The van der Waals surface area contributed by atoms with Crippen molar-refractivity contribution in [2.24, 2.45) is 11.8 Å². The third-order valence-corrected chi connectivity index (χ3v) is 7.91. The number of nitrogens with zero attached hydrogens (tertiary/aromatic N) is 3. The highest BCUT2D eigenvalue weighted by Gasteiger charge is 2.79. The predicted molar refractivity (Wildman–Crippen MR) is 130 cm³/mol. The standard InChI is InChI=1S/C26H41N3O5/c1-7-13-27(14-8-2)22(31)19-20-23(32)29(16-17-30)21(24(33)28(15-9-3)18(5)6)26(20)12-11-25(19,10-4)34-26/h7,9,18-21,30H,1,3,8,10-17H2,2,4-6H3/t19-,20+,21?,25+,26?/m1/s1. The van der Waals surface area contributed by atoms with Gasteiger partial charge in [0.15, 0.2) is 0 Å². The molecule has 8 nitrogen and oxygen atoms in total. The first-order valence-electron chi connectivity index (χ1n) is 12.6. The van der Waals surface area contributed by atoms with Crippen LogP contribution in [0, 0.1) is 11.8 Å². The van der Waals surface area contributed by atoms with Crippen molar-refractivity contribution in [3.05, 3.63) is 25.3 Å². The fourth-order valence-corrected chi connectivity index (χ4v) is 6.49. The molecule has 0 aromatic heterocycles. The Morgan fingerprint density at radius 1 is 1.21 bits per heavy atom. The molecular formula is C26H41N3O5. The molecule has 3 aliphatic rings. The molecule has 5 atom stereocenters. The van der Waals surface area contributed by atoms with Gasteiger partial charge in [-0.05, 0) is 39.5 Å². The van der Waals surface area contributed by atoms with Gasteiger partial charge < -0.3 is 24.5 Å². The number of hydrogen-bond donors (Lipinski definition) is 1. The maximum atomic E-state index is 14.0. The number of aliphatic hydroxyl groups excluding tert-OH is 1. The normalized spacial score (nSPS) is 31.6. The van der Waals surface area contributed by atoms with Crippen molar-refractivity contribution >= 4 is 17.7 Å². The highest BCUT2D eigenvalue weighted by atomic mass is 16.5. The van der Waals surface area contributed by atoms with Gasteiger partial charge in [-0.1, -0.05) is 26.0 Å². The molecule has 2 bridgehead atoms. The molecule has 3 aliphatic heterocycles. The molecule has 0 saturated carbocycles. The van der Waals surface area contributed by atoms with E-state index in [4.69, 9.17) is 4.74 Å². The smallest absolute Gasteiger partial charge is 0.248 e. The number of fused-ring (bicyclic) bond motifs is 1. The van der Waals surface area contributed by atoms with Crippen LogP contribution in [0.5, 0.6) is 0 Å². The van der Waals surface area contributed by atoms with Crippen LogP contribution in [-0.2, 0) is 19.1 Å². The average Bonchev–Trinajstić information content (AvgIpc) is 3.40. The van der Waals surface area contributed by atoms with E-state index in [-0.39, 0.29) is 36.9 Å². The second-order valence-corrected chi connectivity index (χ2v) is 10.0. The van der Waals surface area contributed by atoms with Crippen molar-refractivity contribution in [3.63, 3.8) is 0 Å². The monoisotopic (exact) mass is 475 g/mol. The zero-order valence-electron chi connectivity index (χ0n) is 21.2. The van der Waals surface area contributed by atoms with E-state index in [1.54, 1.807) is 22.0 Å². The van der Waals surface area contributed by atoms with E-state index in [1.165, 1.54) is 4.90 Å². The molecular weight excluding hydrogens is 434 g/mol. The zero-order valence-corrected chi connectivity index (χ0v) is 21.2. The highest BCUT2D eigenvalue weighted by Crippen LogP contribution is 2.64. The summed E-state index contributed by atoms with van der Waals surface area (Å²) in [4.78, 5) is 46.7. The molecule has 0 aromatic carbocycles. The SMILES string of the molecule is C=CCN(CCC)C(=O)[C@H]1[C@H]2C(=O)N(CCO)C(C(=O)N(CC=C)C(C)C)C23CC[C@]1(CC)O3. The van der Waals surface area contributed by atoms with Gasteiger partial charge in [0, 0.05) is 32.2 Å². The van der Waals surface area contributed by atoms with Gasteiger partial charge in [-0.2, -0.15) is 0 Å². The third kappa shape index (κ3) is 3.88. The molecule has 190 valence electrons. The quantitative estimate of drug-likeness (QED) is 0.436. The third-order valence-electron chi connectivity index (χ3n) is 7.91. The number of amides is 3. The molecule has 3 amide bonds. The lowest BCUT2D eigenvalue weighted by molar-refractivity contribution is -0.156. The van der Waals surface area contributed by atoms with Gasteiger partial charge in [-0.3, -0.25) is 14.4 Å². The van der Waals surface area contributed by atoms with Crippen LogP contribution in [0.1, 0.15) is 53.4 Å². The Bertz CT molecular complexity index is 829.